The van der Waals surface area contributed by atoms with Crippen LogP contribution in [0.2, 0.25) is 0 Å². The summed E-state index contributed by atoms with van der Waals surface area (Å²) in [6.07, 6.45) is 0. The molecule has 0 unspecified atom stereocenters. The molecule has 2 aromatic rings. The third kappa shape index (κ3) is 4.03. The summed E-state index contributed by atoms with van der Waals surface area (Å²) in [5.74, 6) is -0.525. The van der Waals surface area contributed by atoms with E-state index in [4.69, 9.17) is 0 Å². The first-order chi connectivity index (χ1) is 10.8. The number of hydrogen-bond donors (Lipinski definition) is 0. The maximum absolute atomic E-state index is 13.3. The Morgan fingerprint density at radius 2 is 1.78 bits per heavy atom. The fourth-order valence-corrected chi connectivity index (χ4v) is 3.65. The van der Waals surface area contributed by atoms with Crippen LogP contribution in [0.4, 0.5) is 4.39 Å². The molecule has 0 spiro atoms. The minimum absolute atomic E-state index is 0.0883. The number of hydrogen-bond acceptors (Lipinski definition) is 3. The van der Waals surface area contributed by atoms with Crippen LogP contribution in [0.25, 0.3) is 0 Å². The van der Waals surface area contributed by atoms with E-state index in [1.807, 2.05) is 0 Å². The number of carbonyl (C=O) groups excluding carboxylic acids is 1. The van der Waals surface area contributed by atoms with Crippen molar-refractivity contribution in [3.63, 3.8) is 0 Å². The summed E-state index contributed by atoms with van der Waals surface area (Å²) in [5, 5.41) is 0. The Bertz CT molecular complexity index is 801. The predicted molar refractivity (Wildman–Crippen MR) is 86.1 cm³/mol. The van der Waals surface area contributed by atoms with Crippen LogP contribution in [-0.2, 0) is 16.6 Å². The molecular formula is C17H18FNO3S. The van der Waals surface area contributed by atoms with E-state index in [-0.39, 0.29) is 23.8 Å². The summed E-state index contributed by atoms with van der Waals surface area (Å²) in [6, 6.07) is 11.7. The molecule has 0 saturated carbocycles. The molecule has 0 radical (unpaired) electrons. The maximum Gasteiger partial charge on any atom is 0.243 e. The molecule has 23 heavy (non-hydrogen) atoms. The molecule has 0 aliphatic heterocycles. The van der Waals surface area contributed by atoms with Gasteiger partial charge in [0.05, 0.1) is 4.90 Å². The second-order valence-electron chi connectivity index (χ2n) is 5.14. The normalized spacial score (nSPS) is 11.7. The standard InChI is InChI=1S/C17H18FNO3S/c1-3-19(12-14-5-4-6-16(18)11-14)23(21,22)17-9-7-15(8-10-17)13(2)20/h4-11H,3,12H2,1-2H3. The highest BCUT2D eigenvalue weighted by Gasteiger charge is 2.23. The minimum atomic E-state index is -3.71. The molecule has 0 aliphatic carbocycles. The van der Waals surface area contributed by atoms with Crippen LogP contribution >= 0.6 is 0 Å². The van der Waals surface area contributed by atoms with Crippen LogP contribution in [0.1, 0.15) is 29.8 Å². The quantitative estimate of drug-likeness (QED) is 0.762. The van der Waals surface area contributed by atoms with Crippen molar-refractivity contribution in [1.82, 2.24) is 4.31 Å². The number of halogens is 1. The van der Waals surface area contributed by atoms with Crippen LogP contribution in [0, 0.1) is 5.82 Å². The van der Waals surface area contributed by atoms with E-state index < -0.39 is 15.8 Å². The molecule has 0 atom stereocenters. The Kier molecular flexibility index (Phi) is 5.28. The molecule has 0 saturated heterocycles. The third-order valence-corrected chi connectivity index (χ3v) is 5.43. The summed E-state index contributed by atoms with van der Waals surface area (Å²) in [4.78, 5) is 11.4. The second-order valence-corrected chi connectivity index (χ2v) is 7.08. The molecule has 2 aromatic carbocycles. The molecule has 2 rings (SSSR count). The van der Waals surface area contributed by atoms with E-state index in [0.29, 0.717) is 11.1 Å². The first kappa shape index (κ1) is 17.3. The number of sulfonamides is 1. The average Bonchev–Trinajstić information content (AvgIpc) is 2.52. The van der Waals surface area contributed by atoms with Crippen LogP contribution in [0.15, 0.2) is 53.4 Å². The predicted octanol–water partition coefficient (Wildman–Crippen LogP) is 3.24. The van der Waals surface area contributed by atoms with E-state index >= 15 is 0 Å². The maximum atomic E-state index is 13.3. The van der Waals surface area contributed by atoms with Crippen LogP contribution in [-0.4, -0.2) is 25.1 Å². The lowest BCUT2D eigenvalue weighted by molar-refractivity contribution is 0.101. The van der Waals surface area contributed by atoms with Crippen LogP contribution in [0.3, 0.4) is 0 Å². The van der Waals surface area contributed by atoms with Gasteiger partial charge in [0.25, 0.3) is 0 Å². The highest BCUT2D eigenvalue weighted by Crippen LogP contribution is 2.19. The van der Waals surface area contributed by atoms with Crippen molar-refractivity contribution < 1.29 is 17.6 Å². The number of benzene rings is 2. The van der Waals surface area contributed by atoms with E-state index in [9.17, 15) is 17.6 Å². The van der Waals surface area contributed by atoms with Crippen LogP contribution < -0.4 is 0 Å². The average molecular weight is 335 g/mol. The zero-order chi connectivity index (χ0) is 17.0. The number of nitrogens with zero attached hydrogens (tertiary/aromatic N) is 1. The van der Waals surface area contributed by atoms with Crippen LogP contribution in [0.5, 0.6) is 0 Å². The summed E-state index contributed by atoms with van der Waals surface area (Å²) in [7, 11) is -3.71. The summed E-state index contributed by atoms with van der Waals surface area (Å²) >= 11 is 0. The number of ketones is 1. The summed E-state index contributed by atoms with van der Waals surface area (Å²) < 4.78 is 39.9. The van der Waals surface area contributed by atoms with Gasteiger partial charge in [-0.3, -0.25) is 4.79 Å². The zero-order valence-electron chi connectivity index (χ0n) is 13.0. The fraction of sp³-hybridized carbons (Fsp3) is 0.235. The minimum Gasteiger partial charge on any atom is -0.295 e. The van der Waals surface area contributed by atoms with Gasteiger partial charge in [0, 0.05) is 18.7 Å². The van der Waals surface area contributed by atoms with Gasteiger partial charge in [-0.2, -0.15) is 4.31 Å². The first-order valence-corrected chi connectivity index (χ1v) is 8.64. The van der Waals surface area contributed by atoms with Gasteiger partial charge in [0.2, 0.25) is 10.0 Å². The molecule has 0 bridgehead atoms. The van der Waals surface area contributed by atoms with Gasteiger partial charge in [-0.1, -0.05) is 31.2 Å². The Morgan fingerprint density at radius 1 is 1.13 bits per heavy atom. The van der Waals surface area contributed by atoms with Crippen molar-refractivity contribution in [1.29, 1.82) is 0 Å². The van der Waals surface area contributed by atoms with Gasteiger partial charge in [-0.05, 0) is 36.8 Å². The molecule has 0 aliphatic rings. The topological polar surface area (TPSA) is 54.5 Å². The molecule has 0 amide bonds. The molecule has 4 nitrogen and oxygen atoms in total. The number of Topliss-reactive ketones (excluding diaryl/α,β-unsaturated/α-hetero) is 1. The highest BCUT2D eigenvalue weighted by atomic mass is 32.2. The van der Waals surface area contributed by atoms with E-state index in [0.717, 1.165) is 0 Å². The summed E-state index contributed by atoms with van der Waals surface area (Å²) in [6.45, 7) is 3.49. The summed E-state index contributed by atoms with van der Waals surface area (Å²) in [5.41, 5.74) is 1.04. The van der Waals surface area contributed by atoms with E-state index in [1.54, 1.807) is 19.1 Å². The Balaban J connectivity index is 2.29. The molecule has 0 fully saturated rings. The van der Waals surface area contributed by atoms with Crippen molar-refractivity contribution in [2.75, 3.05) is 6.54 Å². The highest BCUT2D eigenvalue weighted by molar-refractivity contribution is 7.89. The lowest BCUT2D eigenvalue weighted by Gasteiger charge is -2.20. The third-order valence-electron chi connectivity index (χ3n) is 3.50. The van der Waals surface area contributed by atoms with Gasteiger partial charge >= 0.3 is 0 Å². The largest absolute Gasteiger partial charge is 0.295 e. The van der Waals surface area contributed by atoms with Gasteiger partial charge in [-0.15, -0.1) is 0 Å². The smallest absolute Gasteiger partial charge is 0.243 e. The van der Waals surface area contributed by atoms with Gasteiger partial charge in [0.1, 0.15) is 5.82 Å². The lowest BCUT2D eigenvalue weighted by atomic mass is 10.2. The van der Waals surface area contributed by atoms with Crippen molar-refractivity contribution >= 4 is 15.8 Å². The molecule has 6 heteroatoms. The lowest BCUT2D eigenvalue weighted by Crippen LogP contribution is -2.30. The Labute approximate surface area is 135 Å². The van der Waals surface area contributed by atoms with Crippen molar-refractivity contribution in [3.05, 3.63) is 65.5 Å². The SMILES string of the molecule is CCN(Cc1cccc(F)c1)S(=O)(=O)c1ccc(C(C)=O)cc1. The van der Waals surface area contributed by atoms with Gasteiger partial charge in [-0.25, -0.2) is 12.8 Å². The Morgan fingerprint density at radius 3 is 2.30 bits per heavy atom. The van der Waals surface area contributed by atoms with E-state index in [1.165, 1.54) is 47.6 Å². The number of rotatable bonds is 6. The number of carbonyl (C=O) groups is 1. The Hall–Kier alpha value is -2.05. The monoisotopic (exact) mass is 335 g/mol. The van der Waals surface area contributed by atoms with E-state index in [2.05, 4.69) is 0 Å². The molecule has 0 heterocycles. The van der Waals surface area contributed by atoms with Crippen molar-refractivity contribution in [2.24, 2.45) is 0 Å². The zero-order valence-corrected chi connectivity index (χ0v) is 13.8. The second kappa shape index (κ2) is 7.02. The first-order valence-electron chi connectivity index (χ1n) is 7.20. The van der Waals surface area contributed by atoms with Gasteiger partial charge in [0.15, 0.2) is 5.78 Å². The van der Waals surface area contributed by atoms with Crippen molar-refractivity contribution in [2.45, 2.75) is 25.3 Å². The fourth-order valence-electron chi connectivity index (χ4n) is 2.22. The molecule has 0 N–H and O–H groups in total. The molecular weight excluding hydrogens is 317 g/mol. The van der Waals surface area contributed by atoms with Crippen molar-refractivity contribution in [3.8, 4) is 0 Å². The van der Waals surface area contributed by atoms with Gasteiger partial charge < -0.3 is 0 Å². The molecule has 0 aromatic heterocycles. The molecule has 122 valence electrons.